The molecule has 0 atom stereocenters. The zero-order valence-corrected chi connectivity index (χ0v) is 18.6. The van der Waals surface area contributed by atoms with Gasteiger partial charge in [-0.25, -0.2) is 14.1 Å². The summed E-state index contributed by atoms with van der Waals surface area (Å²) < 4.78 is 24.9. The zero-order valence-electron chi connectivity index (χ0n) is 17.9. The van der Waals surface area contributed by atoms with E-state index in [0.29, 0.717) is 27.6 Å². The monoisotopic (exact) mass is 480 g/mol. The second kappa shape index (κ2) is 9.76. The summed E-state index contributed by atoms with van der Waals surface area (Å²) in [5, 5.41) is 2.49. The first-order valence-electron chi connectivity index (χ1n) is 10.1. The number of rotatable bonds is 6. The number of hydrogen-bond donors (Lipinski definition) is 1. The van der Waals surface area contributed by atoms with E-state index in [1.807, 2.05) is 0 Å². The van der Waals surface area contributed by atoms with Crippen molar-refractivity contribution in [3.05, 3.63) is 94.3 Å². The third kappa shape index (κ3) is 4.77. The minimum atomic E-state index is -0.871. The van der Waals surface area contributed by atoms with Crippen molar-refractivity contribution in [1.82, 2.24) is 5.32 Å². The predicted molar refractivity (Wildman–Crippen MR) is 124 cm³/mol. The number of methoxy groups -OCH3 is 1. The average Bonchev–Trinajstić information content (AvgIpc) is 2.81. The molecule has 0 aromatic heterocycles. The highest BCUT2D eigenvalue weighted by Crippen LogP contribution is 2.31. The van der Waals surface area contributed by atoms with Crippen molar-refractivity contribution in [2.45, 2.75) is 6.61 Å². The number of carbonyl (C=O) groups is 3. The molecule has 1 N–H and O–H groups in total. The lowest BCUT2D eigenvalue weighted by molar-refractivity contribution is -0.122. The fourth-order valence-corrected chi connectivity index (χ4v) is 3.52. The van der Waals surface area contributed by atoms with Gasteiger partial charge in [-0.3, -0.25) is 14.9 Å². The maximum Gasteiger partial charge on any atom is 0.335 e. The van der Waals surface area contributed by atoms with Crippen LogP contribution in [-0.2, 0) is 16.2 Å². The van der Waals surface area contributed by atoms with Gasteiger partial charge in [-0.15, -0.1) is 0 Å². The van der Waals surface area contributed by atoms with Gasteiger partial charge in [0.2, 0.25) is 0 Å². The molecule has 0 saturated carbocycles. The van der Waals surface area contributed by atoms with Gasteiger partial charge in [-0.05, 0) is 48.0 Å². The van der Waals surface area contributed by atoms with Crippen molar-refractivity contribution in [1.29, 1.82) is 0 Å². The Bertz CT molecular complexity index is 1320. The summed E-state index contributed by atoms with van der Waals surface area (Å²) in [4.78, 5) is 38.6. The first-order valence-corrected chi connectivity index (χ1v) is 10.5. The highest BCUT2D eigenvalue weighted by Gasteiger charge is 2.36. The first kappa shape index (κ1) is 23.0. The molecule has 9 heteroatoms. The molecule has 34 heavy (non-hydrogen) atoms. The highest BCUT2D eigenvalue weighted by molar-refractivity contribution is 6.39. The lowest BCUT2D eigenvalue weighted by Crippen LogP contribution is -2.54. The van der Waals surface area contributed by atoms with Crippen LogP contribution in [0.4, 0.5) is 14.9 Å². The maximum absolute atomic E-state index is 13.9. The smallest absolute Gasteiger partial charge is 0.335 e. The second-order valence-corrected chi connectivity index (χ2v) is 7.66. The van der Waals surface area contributed by atoms with Crippen LogP contribution in [0.3, 0.4) is 0 Å². The molecule has 0 aliphatic carbocycles. The van der Waals surface area contributed by atoms with E-state index >= 15 is 0 Å². The third-order valence-corrected chi connectivity index (χ3v) is 5.24. The normalized spacial score (nSPS) is 14.9. The molecule has 0 spiro atoms. The van der Waals surface area contributed by atoms with Gasteiger partial charge in [0, 0.05) is 10.6 Å². The van der Waals surface area contributed by atoms with Crippen LogP contribution >= 0.6 is 11.6 Å². The van der Waals surface area contributed by atoms with Crippen molar-refractivity contribution in [2.75, 3.05) is 12.0 Å². The summed E-state index contributed by atoms with van der Waals surface area (Å²) >= 11 is 5.98. The number of hydrogen-bond acceptors (Lipinski definition) is 5. The van der Waals surface area contributed by atoms with Gasteiger partial charge in [0.15, 0.2) is 11.5 Å². The summed E-state index contributed by atoms with van der Waals surface area (Å²) in [5.41, 5.74) is 0.810. The summed E-state index contributed by atoms with van der Waals surface area (Å²) in [6, 6.07) is 16.3. The van der Waals surface area contributed by atoms with Gasteiger partial charge in [-0.1, -0.05) is 41.9 Å². The molecule has 1 aliphatic heterocycles. The van der Waals surface area contributed by atoms with Crippen molar-refractivity contribution in [2.24, 2.45) is 0 Å². The lowest BCUT2D eigenvalue weighted by atomic mass is 10.1. The SMILES string of the molecule is COc1cc(/C=C2/C(=O)NC(=O)N(c3cccc(Cl)c3)C2=O)ccc1OCc1ccccc1F. The molecule has 4 amide bonds. The largest absolute Gasteiger partial charge is 0.493 e. The molecule has 3 aromatic carbocycles. The van der Waals surface area contributed by atoms with Crippen LogP contribution in [-0.4, -0.2) is 25.0 Å². The van der Waals surface area contributed by atoms with Gasteiger partial charge in [-0.2, -0.15) is 0 Å². The van der Waals surface area contributed by atoms with Crippen LogP contribution in [0.15, 0.2) is 72.3 Å². The minimum absolute atomic E-state index is 0.0128. The number of benzene rings is 3. The van der Waals surface area contributed by atoms with Gasteiger partial charge in [0.25, 0.3) is 11.8 Å². The second-order valence-electron chi connectivity index (χ2n) is 7.23. The predicted octanol–water partition coefficient (Wildman–Crippen LogP) is 4.73. The van der Waals surface area contributed by atoms with E-state index in [2.05, 4.69) is 5.32 Å². The topological polar surface area (TPSA) is 84.9 Å². The molecule has 1 heterocycles. The number of urea groups is 1. The standard InChI is InChI=1S/C25H18ClFN2O5/c1-33-22-12-15(9-10-21(22)34-14-16-5-2-3-8-20(16)27)11-19-23(30)28-25(32)29(24(19)31)18-7-4-6-17(26)13-18/h2-13H,14H2,1H3,(H,28,30,32)/b19-11-. The van der Waals surface area contributed by atoms with E-state index in [4.69, 9.17) is 21.1 Å². The molecule has 1 fully saturated rings. The van der Waals surface area contributed by atoms with E-state index in [-0.39, 0.29) is 23.7 Å². The molecular formula is C25H18ClFN2O5. The van der Waals surface area contributed by atoms with Gasteiger partial charge in [0.1, 0.15) is 18.0 Å². The van der Waals surface area contributed by atoms with Gasteiger partial charge >= 0.3 is 6.03 Å². The molecule has 0 unspecified atom stereocenters. The quantitative estimate of drug-likeness (QED) is 0.407. The molecule has 1 aliphatic rings. The van der Waals surface area contributed by atoms with Crippen LogP contribution < -0.4 is 19.7 Å². The summed E-state index contributed by atoms with van der Waals surface area (Å²) in [5.74, 6) is -1.34. The number of carbonyl (C=O) groups excluding carboxylic acids is 3. The Hall–Kier alpha value is -4.17. The number of nitrogens with zero attached hydrogens (tertiary/aromatic N) is 1. The Morgan fingerprint density at radius 3 is 2.53 bits per heavy atom. The zero-order chi connectivity index (χ0) is 24.2. The molecule has 4 rings (SSSR count). The molecule has 0 radical (unpaired) electrons. The Labute approximate surface area is 199 Å². The number of nitrogens with one attached hydrogen (secondary N) is 1. The lowest BCUT2D eigenvalue weighted by Gasteiger charge is -2.26. The summed E-state index contributed by atoms with van der Waals surface area (Å²) in [6.45, 7) is -0.0128. The van der Waals surface area contributed by atoms with Crippen molar-refractivity contribution >= 4 is 41.2 Å². The first-order chi connectivity index (χ1) is 16.4. The average molecular weight is 481 g/mol. The van der Waals surface area contributed by atoms with Crippen molar-refractivity contribution in [3.8, 4) is 11.5 Å². The van der Waals surface area contributed by atoms with E-state index in [9.17, 15) is 18.8 Å². The van der Waals surface area contributed by atoms with Crippen molar-refractivity contribution < 1.29 is 28.2 Å². The molecule has 3 aromatic rings. The Balaban J connectivity index is 1.60. The molecule has 0 bridgehead atoms. The fraction of sp³-hybridized carbons (Fsp3) is 0.0800. The highest BCUT2D eigenvalue weighted by atomic mass is 35.5. The fourth-order valence-electron chi connectivity index (χ4n) is 3.34. The van der Waals surface area contributed by atoms with E-state index in [0.717, 1.165) is 4.90 Å². The summed E-state index contributed by atoms with van der Waals surface area (Å²) in [6.07, 6.45) is 1.34. The summed E-state index contributed by atoms with van der Waals surface area (Å²) in [7, 11) is 1.43. The van der Waals surface area contributed by atoms with E-state index < -0.39 is 17.8 Å². The molecular weight excluding hydrogens is 463 g/mol. The van der Waals surface area contributed by atoms with Crippen LogP contribution in [0.5, 0.6) is 11.5 Å². The van der Waals surface area contributed by atoms with Crippen LogP contribution in [0.1, 0.15) is 11.1 Å². The van der Waals surface area contributed by atoms with Crippen LogP contribution in [0, 0.1) is 5.82 Å². The van der Waals surface area contributed by atoms with Crippen LogP contribution in [0.2, 0.25) is 5.02 Å². The Morgan fingerprint density at radius 1 is 1.00 bits per heavy atom. The van der Waals surface area contributed by atoms with Gasteiger partial charge in [0.05, 0.1) is 12.8 Å². The Kier molecular flexibility index (Phi) is 6.60. The number of imide groups is 2. The van der Waals surface area contributed by atoms with E-state index in [1.54, 1.807) is 48.5 Å². The number of halogens is 2. The van der Waals surface area contributed by atoms with Crippen molar-refractivity contribution in [3.63, 3.8) is 0 Å². The Morgan fingerprint density at radius 2 is 1.79 bits per heavy atom. The maximum atomic E-state index is 13.9. The molecule has 172 valence electrons. The van der Waals surface area contributed by atoms with E-state index in [1.165, 1.54) is 31.4 Å². The minimum Gasteiger partial charge on any atom is -0.493 e. The molecule has 7 nitrogen and oxygen atoms in total. The number of amides is 4. The molecule has 1 saturated heterocycles. The van der Waals surface area contributed by atoms with Gasteiger partial charge < -0.3 is 9.47 Å². The number of anilines is 1. The number of barbiturate groups is 1. The number of ether oxygens (including phenoxy) is 2. The van der Waals surface area contributed by atoms with Crippen LogP contribution in [0.25, 0.3) is 6.08 Å². The third-order valence-electron chi connectivity index (χ3n) is 5.01.